The second-order valence-electron chi connectivity index (χ2n) is 8.08. The Balaban J connectivity index is 1.67. The third-order valence-electron chi connectivity index (χ3n) is 5.18. The number of rotatable bonds is 8. The Morgan fingerprint density at radius 3 is 2.38 bits per heavy atom. The lowest BCUT2D eigenvalue weighted by atomic mass is 10.1. The van der Waals surface area contributed by atoms with Crippen LogP contribution < -0.4 is 9.64 Å². The van der Waals surface area contributed by atoms with Gasteiger partial charge in [0.2, 0.25) is 0 Å². The monoisotopic (exact) mass is 396 g/mol. The predicted molar refractivity (Wildman–Crippen MR) is 117 cm³/mol. The number of aryl methyl sites for hydroxylation is 2. The molecule has 0 radical (unpaired) electrons. The number of hydrogen-bond donors (Lipinski definition) is 0. The van der Waals surface area contributed by atoms with Gasteiger partial charge in [-0.05, 0) is 67.6 Å². The van der Waals surface area contributed by atoms with Crippen molar-refractivity contribution >= 4 is 11.6 Å². The molecule has 0 spiro atoms. The molecule has 2 aromatic carbocycles. The lowest BCUT2D eigenvalue weighted by Crippen LogP contribution is -2.39. The third-order valence-corrected chi connectivity index (χ3v) is 5.18. The molecule has 1 aliphatic rings. The van der Waals surface area contributed by atoms with Gasteiger partial charge in [0.05, 0.1) is 6.10 Å². The zero-order valence-electron chi connectivity index (χ0n) is 18.0. The van der Waals surface area contributed by atoms with Crippen LogP contribution in [-0.2, 0) is 16.1 Å². The first kappa shape index (κ1) is 21.2. The van der Waals surface area contributed by atoms with Crippen LogP contribution in [0.25, 0.3) is 0 Å². The maximum Gasteiger partial charge on any atom is 0.260 e. The summed E-state index contributed by atoms with van der Waals surface area (Å²) in [5, 5.41) is 0. The summed E-state index contributed by atoms with van der Waals surface area (Å²) >= 11 is 0. The van der Waals surface area contributed by atoms with E-state index in [-0.39, 0.29) is 18.6 Å². The quantitative estimate of drug-likeness (QED) is 0.677. The van der Waals surface area contributed by atoms with E-state index in [1.165, 1.54) is 0 Å². The first-order valence-corrected chi connectivity index (χ1v) is 10.3. The molecule has 0 bridgehead atoms. The zero-order valence-corrected chi connectivity index (χ0v) is 18.0. The molecule has 2 aromatic rings. The molecule has 5 heteroatoms. The van der Waals surface area contributed by atoms with Crippen molar-refractivity contribution in [2.45, 2.75) is 39.3 Å². The van der Waals surface area contributed by atoms with Crippen LogP contribution in [-0.4, -0.2) is 50.8 Å². The van der Waals surface area contributed by atoms with Gasteiger partial charge >= 0.3 is 0 Å². The summed E-state index contributed by atoms with van der Waals surface area (Å²) in [6, 6.07) is 14.3. The smallest absolute Gasteiger partial charge is 0.260 e. The molecule has 5 nitrogen and oxygen atoms in total. The van der Waals surface area contributed by atoms with Crippen LogP contribution >= 0.6 is 0 Å². The topological polar surface area (TPSA) is 42.0 Å². The van der Waals surface area contributed by atoms with Crippen molar-refractivity contribution in [3.8, 4) is 5.75 Å². The predicted octanol–water partition coefficient (Wildman–Crippen LogP) is 3.96. The van der Waals surface area contributed by atoms with Crippen LogP contribution in [0, 0.1) is 13.8 Å². The summed E-state index contributed by atoms with van der Waals surface area (Å²) in [5.74, 6) is 0.722. The largest absolute Gasteiger partial charge is 0.484 e. The Morgan fingerprint density at radius 1 is 1.10 bits per heavy atom. The summed E-state index contributed by atoms with van der Waals surface area (Å²) in [5.41, 5.74) is 4.51. The molecular weight excluding hydrogens is 364 g/mol. The Morgan fingerprint density at radius 2 is 1.79 bits per heavy atom. The molecule has 3 rings (SSSR count). The van der Waals surface area contributed by atoms with Crippen molar-refractivity contribution in [3.63, 3.8) is 0 Å². The summed E-state index contributed by atoms with van der Waals surface area (Å²) < 4.78 is 11.6. The zero-order chi connectivity index (χ0) is 20.8. The molecule has 1 amide bonds. The van der Waals surface area contributed by atoms with Gasteiger partial charge < -0.3 is 19.3 Å². The van der Waals surface area contributed by atoms with Crippen molar-refractivity contribution in [1.82, 2.24) is 4.90 Å². The van der Waals surface area contributed by atoms with Crippen molar-refractivity contribution in [3.05, 3.63) is 59.2 Å². The highest BCUT2D eigenvalue weighted by molar-refractivity contribution is 5.78. The van der Waals surface area contributed by atoms with Crippen LogP contribution in [0.2, 0.25) is 0 Å². The van der Waals surface area contributed by atoms with E-state index in [9.17, 15) is 4.79 Å². The van der Waals surface area contributed by atoms with Crippen LogP contribution in [0.4, 0.5) is 5.69 Å². The van der Waals surface area contributed by atoms with E-state index in [1.807, 2.05) is 45.0 Å². The van der Waals surface area contributed by atoms with Gasteiger partial charge in [-0.3, -0.25) is 4.79 Å². The molecule has 0 unspecified atom stereocenters. The average Bonchev–Trinajstić information content (AvgIpc) is 3.18. The number of nitrogens with zero attached hydrogens (tertiary/aromatic N) is 2. The first-order chi connectivity index (χ1) is 13.9. The van der Waals surface area contributed by atoms with Gasteiger partial charge in [0.25, 0.3) is 5.91 Å². The fourth-order valence-electron chi connectivity index (χ4n) is 3.66. The summed E-state index contributed by atoms with van der Waals surface area (Å²) in [4.78, 5) is 16.9. The van der Waals surface area contributed by atoms with Crippen molar-refractivity contribution in [2.24, 2.45) is 0 Å². The highest BCUT2D eigenvalue weighted by Gasteiger charge is 2.23. The molecule has 156 valence electrons. The second kappa shape index (κ2) is 9.79. The van der Waals surface area contributed by atoms with Gasteiger partial charge in [-0.15, -0.1) is 0 Å². The third kappa shape index (κ3) is 6.23. The number of anilines is 1. The minimum atomic E-state index is -0.0173. The number of carbonyl (C=O) groups excluding carboxylic acids is 1. The molecule has 29 heavy (non-hydrogen) atoms. The molecule has 1 saturated heterocycles. The highest BCUT2D eigenvalue weighted by atomic mass is 16.5. The van der Waals surface area contributed by atoms with Crippen LogP contribution in [0.5, 0.6) is 5.75 Å². The number of hydrogen-bond acceptors (Lipinski definition) is 4. The summed E-state index contributed by atoms with van der Waals surface area (Å²) in [7, 11) is 4.04. The molecule has 1 atom stereocenters. The Bertz CT molecular complexity index is 791. The molecule has 0 aliphatic carbocycles. The maximum absolute atomic E-state index is 13.0. The van der Waals surface area contributed by atoms with Crippen LogP contribution in [0.3, 0.4) is 0 Å². The van der Waals surface area contributed by atoms with Gasteiger partial charge in [-0.25, -0.2) is 0 Å². The fraction of sp³-hybridized carbons (Fsp3) is 0.458. The lowest BCUT2D eigenvalue weighted by Gasteiger charge is -2.26. The van der Waals surface area contributed by atoms with Gasteiger partial charge in [0.15, 0.2) is 6.61 Å². The Kier molecular flexibility index (Phi) is 7.15. The van der Waals surface area contributed by atoms with E-state index in [2.05, 4.69) is 35.2 Å². The Labute approximate surface area is 174 Å². The fourth-order valence-corrected chi connectivity index (χ4v) is 3.66. The van der Waals surface area contributed by atoms with E-state index >= 15 is 0 Å². The first-order valence-electron chi connectivity index (χ1n) is 10.3. The minimum Gasteiger partial charge on any atom is -0.484 e. The average molecular weight is 397 g/mol. The maximum atomic E-state index is 13.0. The summed E-state index contributed by atoms with van der Waals surface area (Å²) in [6.45, 7) is 6.04. The van der Waals surface area contributed by atoms with E-state index in [4.69, 9.17) is 9.47 Å². The van der Waals surface area contributed by atoms with Gasteiger partial charge in [0, 0.05) is 39.5 Å². The number of benzene rings is 2. The number of amides is 1. The lowest BCUT2D eigenvalue weighted by molar-refractivity contribution is -0.135. The summed E-state index contributed by atoms with van der Waals surface area (Å²) in [6.07, 6.45) is 2.17. The molecule has 0 aromatic heterocycles. The van der Waals surface area contributed by atoms with Crippen LogP contribution in [0.15, 0.2) is 42.5 Å². The van der Waals surface area contributed by atoms with Crippen molar-refractivity contribution in [2.75, 3.05) is 38.8 Å². The van der Waals surface area contributed by atoms with Gasteiger partial charge in [-0.2, -0.15) is 0 Å². The van der Waals surface area contributed by atoms with Crippen molar-refractivity contribution < 1.29 is 14.3 Å². The van der Waals surface area contributed by atoms with Crippen LogP contribution in [0.1, 0.15) is 29.5 Å². The molecule has 1 aliphatic heterocycles. The second-order valence-corrected chi connectivity index (χ2v) is 8.08. The van der Waals surface area contributed by atoms with Gasteiger partial charge in [-0.1, -0.05) is 18.2 Å². The number of ether oxygens (including phenoxy) is 2. The van der Waals surface area contributed by atoms with Crippen molar-refractivity contribution in [1.29, 1.82) is 0 Å². The molecule has 0 N–H and O–H groups in total. The van der Waals surface area contributed by atoms with E-state index in [0.717, 1.165) is 47.6 Å². The van der Waals surface area contributed by atoms with E-state index in [0.29, 0.717) is 13.1 Å². The van der Waals surface area contributed by atoms with Gasteiger partial charge in [0.1, 0.15) is 5.75 Å². The van der Waals surface area contributed by atoms with E-state index in [1.54, 1.807) is 0 Å². The Hall–Kier alpha value is -2.53. The highest BCUT2D eigenvalue weighted by Crippen LogP contribution is 2.19. The van der Waals surface area contributed by atoms with E-state index < -0.39 is 0 Å². The SMILES string of the molecule is Cc1cc(C)cc(OCC(=O)N(Cc2ccc(N(C)C)cc2)C[C@H]2CCCO2)c1. The number of carbonyl (C=O) groups is 1. The molecule has 1 fully saturated rings. The normalized spacial score (nSPS) is 15.9. The minimum absolute atomic E-state index is 0.0173. The molecule has 1 heterocycles. The standard InChI is InChI=1S/C24H32N2O3/c1-18-12-19(2)14-23(13-18)29-17-24(27)26(16-22-6-5-11-28-22)15-20-7-9-21(10-8-20)25(3)4/h7-10,12-14,22H,5-6,11,15-17H2,1-4H3/t22-/m1/s1. The molecule has 0 saturated carbocycles. The molecular formula is C24H32N2O3.